The molecule has 1 rings (SSSR count). The summed E-state index contributed by atoms with van der Waals surface area (Å²) in [6, 6.07) is 0. The fourth-order valence-electron chi connectivity index (χ4n) is 0.943. The molecule has 1 N–H and O–H groups in total. The van der Waals surface area contributed by atoms with E-state index in [1.54, 1.807) is 0 Å². The van der Waals surface area contributed by atoms with Crippen LogP contribution in [-0.2, 0) is 11.2 Å². The third-order valence-corrected chi connectivity index (χ3v) is 2.87. The van der Waals surface area contributed by atoms with E-state index >= 15 is 0 Å². The first-order chi connectivity index (χ1) is 7.29. The van der Waals surface area contributed by atoms with Crippen molar-refractivity contribution in [3.05, 3.63) is 5.01 Å². The maximum Gasteiger partial charge on any atom is 0.262 e. The zero-order valence-corrected chi connectivity index (χ0v) is 11.6. The van der Waals surface area contributed by atoms with Crippen molar-refractivity contribution in [1.82, 2.24) is 10.2 Å². The fraction of sp³-hybridized carbons (Fsp3) is 0.667. The van der Waals surface area contributed by atoms with Gasteiger partial charge in [0.1, 0.15) is 5.01 Å². The molecule has 0 aromatic carbocycles. The van der Waals surface area contributed by atoms with Gasteiger partial charge in [-0.1, -0.05) is 48.4 Å². The Morgan fingerprint density at radius 1 is 1.50 bits per heavy atom. The van der Waals surface area contributed by atoms with Gasteiger partial charge < -0.3 is 0 Å². The summed E-state index contributed by atoms with van der Waals surface area (Å²) in [5.41, 5.74) is 0. The van der Waals surface area contributed by atoms with Crippen LogP contribution in [0.5, 0.6) is 0 Å². The molecule has 0 bridgehead atoms. The molecular weight excluding hydrogens is 269 g/mol. The zero-order valence-electron chi connectivity index (χ0n) is 9.25. The second-order valence-corrected chi connectivity index (χ2v) is 6.71. The Morgan fingerprint density at radius 2 is 2.12 bits per heavy atom. The molecule has 1 amide bonds. The summed E-state index contributed by atoms with van der Waals surface area (Å²) in [5.74, 6) is 0.00546. The number of nitrogens with zero attached hydrogens (tertiary/aromatic N) is 2. The van der Waals surface area contributed by atoms with Gasteiger partial charge in [0.15, 0.2) is 4.33 Å². The third kappa shape index (κ3) is 4.23. The van der Waals surface area contributed by atoms with Gasteiger partial charge in [0.05, 0.1) is 0 Å². The van der Waals surface area contributed by atoms with Crippen molar-refractivity contribution in [2.45, 2.75) is 31.5 Å². The van der Waals surface area contributed by atoms with Crippen molar-refractivity contribution in [2.75, 3.05) is 5.32 Å². The molecule has 0 unspecified atom stereocenters. The van der Waals surface area contributed by atoms with E-state index < -0.39 is 10.2 Å². The Hall–Kier alpha value is -0.390. The highest BCUT2D eigenvalue weighted by molar-refractivity contribution is 7.15. The molecule has 7 heteroatoms. The van der Waals surface area contributed by atoms with Crippen LogP contribution in [-0.4, -0.2) is 20.4 Å². The summed E-state index contributed by atoms with van der Waals surface area (Å²) in [4.78, 5) is 11.4. The van der Waals surface area contributed by atoms with Crippen molar-refractivity contribution in [1.29, 1.82) is 0 Å². The van der Waals surface area contributed by atoms with Crippen molar-refractivity contribution < 1.29 is 4.79 Å². The summed E-state index contributed by atoms with van der Waals surface area (Å²) < 4.78 is -1.45. The molecule has 4 nitrogen and oxygen atoms in total. The van der Waals surface area contributed by atoms with Gasteiger partial charge >= 0.3 is 0 Å². The minimum Gasteiger partial charge on any atom is -0.298 e. The van der Waals surface area contributed by atoms with Crippen LogP contribution < -0.4 is 5.32 Å². The van der Waals surface area contributed by atoms with E-state index in [-0.39, 0.29) is 0 Å². The highest BCUT2D eigenvalue weighted by Crippen LogP contribution is 2.24. The van der Waals surface area contributed by atoms with Crippen LogP contribution in [0.4, 0.5) is 5.13 Å². The molecule has 1 aromatic heterocycles. The topological polar surface area (TPSA) is 54.9 Å². The van der Waals surface area contributed by atoms with Crippen LogP contribution in [0.15, 0.2) is 0 Å². The van der Waals surface area contributed by atoms with Gasteiger partial charge in [-0.05, 0) is 12.8 Å². The molecule has 0 saturated carbocycles. The van der Waals surface area contributed by atoms with Gasteiger partial charge in [-0.2, -0.15) is 0 Å². The average Bonchev–Trinajstić information content (AvgIpc) is 2.49. The van der Waals surface area contributed by atoms with Gasteiger partial charge in [0.25, 0.3) is 5.91 Å². The van der Waals surface area contributed by atoms with Crippen molar-refractivity contribution in [3.8, 4) is 0 Å². The number of hydrogen-bond donors (Lipinski definition) is 1. The number of nitrogens with one attached hydrogen (secondary N) is 1. The molecular formula is C9H13Cl2N3OS. The smallest absolute Gasteiger partial charge is 0.262 e. The maximum absolute atomic E-state index is 11.4. The number of rotatable bonds is 4. The number of carbonyl (C=O) groups is 1. The van der Waals surface area contributed by atoms with E-state index in [1.807, 2.05) is 0 Å². The van der Waals surface area contributed by atoms with Crippen LogP contribution in [0, 0.1) is 5.92 Å². The summed E-state index contributed by atoms with van der Waals surface area (Å²) in [7, 11) is 0. The standard InChI is InChI=1S/C9H13Cl2N3OS/c1-5(2)4-6-13-14-8(16-6)12-7(15)9(3,10)11/h5H,4H2,1-3H3,(H,12,14,15). The molecule has 0 aliphatic rings. The quantitative estimate of drug-likeness (QED) is 0.864. The number of carbonyl (C=O) groups excluding carboxylic acids is 1. The van der Waals surface area contributed by atoms with Gasteiger partial charge in [0, 0.05) is 6.42 Å². The molecule has 0 aliphatic carbocycles. The first-order valence-corrected chi connectivity index (χ1v) is 6.38. The minimum atomic E-state index is -1.45. The number of hydrogen-bond acceptors (Lipinski definition) is 4. The third-order valence-electron chi connectivity index (χ3n) is 1.67. The number of aromatic nitrogens is 2. The van der Waals surface area contributed by atoms with E-state index in [9.17, 15) is 4.79 Å². The molecule has 0 aliphatic heterocycles. The van der Waals surface area contributed by atoms with Gasteiger partial charge in [-0.3, -0.25) is 10.1 Å². The largest absolute Gasteiger partial charge is 0.298 e. The molecule has 0 radical (unpaired) electrons. The van der Waals surface area contributed by atoms with Crippen LogP contribution in [0.25, 0.3) is 0 Å². The Labute approximate surface area is 108 Å². The first kappa shape index (κ1) is 13.7. The molecule has 1 heterocycles. The van der Waals surface area contributed by atoms with Crippen LogP contribution in [0.1, 0.15) is 25.8 Å². The predicted molar refractivity (Wildman–Crippen MR) is 67.2 cm³/mol. The van der Waals surface area contributed by atoms with E-state index in [0.29, 0.717) is 11.0 Å². The van der Waals surface area contributed by atoms with Gasteiger partial charge in [-0.15, -0.1) is 10.2 Å². The van der Waals surface area contributed by atoms with E-state index in [1.165, 1.54) is 18.3 Å². The number of alkyl halides is 2. The summed E-state index contributed by atoms with van der Waals surface area (Å²) >= 11 is 12.6. The SMILES string of the molecule is CC(C)Cc1nnc(NC(=O)C(C)(Cl)Cl)s1. The van der Waals surface area contributed by atoms with Crippen molar-refractivity contribution in [2.24, 2.45) is 5.92 Å². The summed E-state index contributed by atoms with van der Waals surface area (Å²) in [6.45, 7) is 5.59. The molecule has 0 saturated heterocycles. The Balaban J connectivity index is 2.62. The highest BCUT2D eigenvalue weighted by Gasteiger charge is 2.28. The summed E-state index contributed by atoms with van der Waals surface area (Å²) in [6.07, 6.45) is 0.840. The Bertz CT molecular complexity index is 373. The highest BCUT2D eigenvalue weighted by atomic mass is 35.5. The Kier molecular flexibility index (Phi) is 4.52. The van der Waals surface area contributed by atoms with Gasteiger partial charge in [-0.25, -0.2) is 0 Å². The van der Waals surface area contributed by atoms with E-state index in [0.717, 1.165) is 11.4 Å². The lowest BCUT2D eigenvalue weighted by Gasteiger charge is -2.10. The molecule has 1 aromatic rings. The molecule has 0 spiro atoms. The Morgan fingerprint density at radius 3 is 2.62 bits per heavy atom. The first-order valence-electron chi connectivity index (χ1n) is 4.80. The fourth-order valence-corrected chi connectivity index (χ4v) is 1.98. The van der Waals surface area contributed by atoms with Gasteiger partial charge in [0.2, 0.25) is 5.13 Å². The molecule has 90 valence electrons. The number of amides is 1. The monoisotopic (exact) mass is 281 g/mol. The van der Waals surface area contributed by atoms with Crippen LogP contribution in [0.3, 0.4) is 0 Å². The normalized spacial score (nSPS) is 11.9. The van der Waals surface area contributed by atoms with Crippen molar-refractivity contribution >= 4 is 45.6 Å². The van der Waals surface area contributed by atoms with Crippen LogP contribution in [0.2, 0.25) is 0 Å². The number of halogens is 2. The second kappa shape index (κ2) is 5.29. The zero-order chi connectivity index (χ0) is 12.3. The second-order valence-electron chi connectivity index (χ2n) is 3.94. The number of anilines is 1. The average molecular weight is 282 g/mol. The lowest BCUT2D eigenvalue weighted by molar-refractivity contribution is -0.116. The lowest BCUT2D eigenvalue weighted by Crippen LogP contribution is -2.29. The predicted octanol–water partition coefficient (Wildman–Crippen LogP) is 2.87. The minimum absolute atomic E-state index is 0.424. The maximum atomic E-state index is 11.4. The molecule has 16 heavy (non-hydrogen) atoms. The molecule has 0 fully saturated rings. The van der Waals surface area contributed by atoms with E-state index in [4.69, 9.17) is 23.2 Å². The lowest BCUT2D eigenvalue weighted by atomic mass is 10.1. The molecule has 0 atom stereocenters. The van der Waals surface area contributed by atoms with Crippen molar-refractivity contribution in [3.63, 3.8) is 0 Å². The van der Waals surface area contributed by atoms with Crippen LogP contribution >= 0.6 is 34.5 Å². The van der Waals surface area contributed by atoms with E-state index in [2.05, 4.69) is 29.4 Å². The summed E-state index contributed by atoms with van der Waals surface area (Å²) in [5, 5.41) is 11.6.